The molecule has 1 saturated heterocycles. The number of carbonyl (C=O) groups is 1. The molecule has 1 aliphatic heterocycles. The molecule has 23 heavy (non-hydrogen) atoms. The number of hydrogen-bond acceptors (Lipinski definition) is 4. The molecule has 0 radical (unpaired) electrons. The fourth-order valence-electron chi connectivity index (χ4n) is 5.02. The number of rotatable bonds is 3. The zero-order valence-corrected chi connectivity index (χ0v) is 15.4. The van der Waals surface area contributed by atoms with E-state index >= 15 is 0 Å². The summed E-state index contributed by atoms with van der Waals surface area (Å²) in [6, 6.07) is -0.628. The Morgan fingerprint density at radius 2 is 1.91 bits per heavy atom. The lowest BCUT2D eigenvalue weighted by molar-refractivity contribution is -0.189. The quantitative estimate of drug-likeness (QED) is 0.738. The summed E-state index contributed by atoms with van der Waals surface area (Å²) in [6.07, 6.45) is 5.55. The van der Waals surface area contributed by atoms with E-state index in [-0.39, 0.29) is 12.1 Å². The lowest BCUT2D eigenvalue weighted by Gasteiger charge is -2.61. The number of ether oxygens (including phenoxy) is 1. The third-order valence-electron chi connectivity index (χ3n) is 6.70. The van der Waals surface area contributed by atoms with Gasteiger partial charge in [0.05, 0.1) is 6.26 Å². The van der Waals surface area contributed by atoms with Gasteiger partial charge < -0.3 is 4.74 Å². The maximum absolute atomic E-state index is 12.6. The Morgan fingerprint density at radius 1 is 1.22 bits per heavy atom. The highest BCUT2D eigenvalue weighted by molar-refractivity contribution is 7.88. The molecule has 6 heteroatoms. The van der Waals surface area contributed by atoms with E-state index in [2.05, 4.69) is 20.8 Å². The molecule has 0 aromatic rings. The smallest absolute Gasteiger partial charge is 0.324 e. The molecule has 0 aromatic carbocycles. The molecule has 4 fully saturated rings. The fourth-order valence-corrected chi connectivity index (χ4v) is 6.14. The molecule has 0 unspecified atom stereocenters. The molecule has 0 N–H and O–H groups in total. The molecule has 3 saturated carbocycles. The number of piperidine rings is 1. The molecule has 5 nitrogen and oxygen atoms in total. The zero-order valence-electron chi connectivity index (χ0n) is 14.6. The van der Waals surface area contributed by atoms with Crippen molar-refractivity contribution in [3.63, 3.8) is 0 Å². The first-order valence-electron chi connectivity index (χ1n) is 8.79. The van der Waals surface area contributed by atoms with Crippen molar-refractivity contribution in [2.45, 2.75) is 65.0 Å². The van der Waals surface area contributed by atoms with Crippen molar-refractivity contribution in [2.24, 2.45) is 23.2 Å². The standard InChI is InChI=1S/C17H29NO4S/c1-11-13-9-12(17(13,2)3)10-15(11)22-16(19)14-7-5-6-8-18(14)23(4,20)21/h11-15H,5-10H2,1-4H3/t11-,12+,13+,14-,15-/m0/s1. The Bertz CT molecular complexity index is 585. The van der Waals surface area contributed by atoms with Crippen LogP contribution in [0.15, 0.2) is 0 Å². The normalized spacial score (nSPS) is 40.3. The van der Waals surface area contributed by atoms with Gasteiger partial charge in [-0.3, -0.25) is 4.79 Å². The minimum absolute atomic E-state index is 0.0531. The van der Waals surface area contributed by atoms with Gasteiger partial charge in [0.25, 0.3) is 0 Å². The van der Waals surface area contributed by atoms with E-state index in [1.54, 1.807) is 0 Å². The molecule has 132 valence electrons. The molecular weight excluding hydrogens is 314 g/mol. The summed E-state index contributed by atoms with van der Waals surface area (Å²) in [5.74, 6) is 1.25. The molecule has 3 aliphatic carbocycles. The van der Waals surface area contributed by atoms with Gasteiger partial charge in [0.15, 0.2) is 0 Å². The van der Waals surface area contributed by atoms with Gasteiger partial charge in [-0.25, -0.2) is 8.42 Å². The topological polar surface area (TPSA) is 63.7 Å². The Balaban J connectivity index is 1.67. The van der Waals surface area contributed by atoms with Gasteiger partial charge in [-0.15, -0.1) is 0 Å². The average Bonchev–Trinajstić information content (AvgIpc) is 2.47. The highest BCUT2D eigenvalue weighted by Crippen LogP contribution is 2.61. The van der Waals surface area contributed by atoms with Crippen LogP contribution in [0.25, 0.3) is 0 Å². The van der Waals surface area contributed by atoms with Crippen molar-refractivity contribution in [1.82, 2.24) is 4.31 Å². The molecule has 2 bridgehead atoms. The highest BCUT2D eigenvalue weighted by Gasteiger charge is 2.57. The summed E-state index contributed by atoms with van der Waals surface area (Å²) < 4.78 is 31.0. The van der Waals surface area contributed by atoms with Crippen LogP contribution in [0.1, 0.15) is 52.9 Å². The summed E-state index contributed by atoms with van der Waals surface area (Å²) in [6.45, 7) is 7.23. The first kappa shape index (κ1) is 17.2. The number of hydrogen-bond donors (Lipinski definition) is 0. The molecule has 0 amide bonds. The Kier molecular flexibility index (Phi) is 4.28. The van der Waals surface area contributed by atoms with E-state index < -0.39 is 16.1 Å². The highest BCUT2D eigenvalue weighted by atomic mass is 32.2. The molecule has 4 aliphatic rings. The number of fused-ring (bicyclic) bond motifs is 2. The van der Waals surface area contributed by atoms with E-state index in [4.69, 9.17) is 4.74 Å². The third-order valence-corrected chi connectivity index (χ3v) is 7.99. The summed E-state index contributed by atoms with van der Waals surface area (Å²) in [5.41, 5.74) is 0.353. The number of carbonyl (C=O) groups excluding carboxylic acids is 1. The maximum Gasteiger partial charge on any atom is 0.324 e. The van der Waals surface area contributed by atoms with E-state index in [0.717, 1.165) is 19.3 Å². The van der Waals surface area contributed by atoms with Gasteiger partial charge in [-0.1, -0.05) is 20.8 Å². The fraction of sp³-hybridized carbons (Fsp3) is 0.941. The van der Waals surface area contributed by atoms with Crippen molar-refractivity contribution >= 4 is 16.0 Å². The molecule has 5 atom stereocenters. The minimum Gasteiger partial charge on any atom is -0.461 e. The molecule has 4 rings (SSSR count). The van der Waals surface area contributed by atoms with Crippen molar-refractivity contribution < 1.29 is 17.9 Å². The van der Waals surface area contributed by atoms with Crippen molar-refractivity contribution in [3.05, 3.63) is 0 Å². The van der Waals surface area contributed by atoms with Crippen LogP contribution in [0.3, 0.4) is 0 Å². The predicted molar refractivity (Wildman–Crippen MR) is 88.2 cm³/mol. The van der Waals surface area contributed by atoms with Crippen LogP contribution >= 0.6 is 0 Å². The van der Waals surface area contributed by atoms with Gasteiger partial charge in [0.1, 0.15) is 12.1 Å². The number of esters is 1. The Hall–Kier alpha value is -0.620. The average molecular weight is 343 g/mol. The van der Waals surface area contributed by atoms with Crippen LogP contribution in [0.2, 0.25) is 0 Å². The largest absolute Gasteiger partial charge is 0.461 e. The van der Waals surface area contributed by atoms with E-state index in [1.165, 1.54) is 17.0 Å². The minimum atomic E-state index is -3.36. The second-order valence-electron chi connectivity index (χ2n) is 8.32. The Morgan fingerprint density at radius 3 is 2.48 bits per heavy atom. The number of sulfonamides is 1. The third kappa shape index (κ3) is 2.93. The summed E-state index contributed by atoms with van der Waals surface area (Å²) in [7, 11) is -3.36. The second kappa shape index (κ2) is 5.73. The summed E-state index contributed by atoms with van der Waals surface area (Å²) in [5, 5.41) is 0. The molecule has 0 spiro atoms. The van der Waals surface area contributed by atoms with Gasteiger partial charge in [-0.2, -0.15) is 4.31 Å². The summed E-state index contributed by atoms with van der Waals surface area (Å²) in [4.78, 5) is 12.6. The van der Waals surface area contributed by atoms with Gasteiger partial charge in [0.2, 0.25) is 10.0 Å². The Labute approximate surface area is 139 Å². The van der Waals surface area contributed by atoms with Gasteiger partial charge in [0, 0.05) is 6.54 Å². The van der Waals surface area contributed by atoms with E-state index in [0.29, 0.717) is 36.1 Å². The first-order chi connectivity index (χ1) is 10.6. The predicted octanol–water partition coefficient (Wildman–Crippen LogP) is 2.41. The van der Waals surface area contributed by atoms with Crippen LogP contribution in [-0.2, 0) is 19.6 Å². The monoisotopic (exact) mass is 343 g/mol. The van der Waals surface area contributed by atoms with Crippen LogP contribution in [0.5, 0.6) is 0 Å². The maximum atomic E-state index is 12.6. The molecule has 0 aromatic heterocycles. The molecule has 1 heterocycles. The van der Waals surface area contributed by atoms with Crippen LogP contribution < -0.4 is 0 Å². The second-order valence-corrected chi connectivity index (χ2v) is 10.3. The molecular formula is C17H29NO4S. The van der Waals surface area contributed by atoms with Crippen molar-refractivity contribution in [2.75, 3.05) is 12.8 Å². The lowest BCUT2D eigenvalue weighted by Crippen LogP contribution is -2.58. The van der Waals surface area contributed by atoms with Crippen LogP contribution in [-0.4, -0.2) is 43.6 Å². The lowest BCUT2D eigenvalue weighted by atomic mass is 9.45. The zero-order chi connectivity index (χ0) is 17.0. The summed E-state index contributed by atoms with van der Waals surface area (Å²) >= 11 is 0. The van der Waals surface area contributed by atoms with Crippen molar-refractivity contribution in [3.8, 4) is 0 Å². The van der Waals surface area contributed by atoms with E-state index in [9.17, 15) is 13.2 Å². The van der Waals surface area contributed by atoms with E-state index in [1.807, 2.05) is 0 Å². The number of nitrogens with zero attached hydrogens (tertiary/aromatic N) is 1. The SMILES string of the molecule is C[C@@H]1[C@@H](OC(=O)[C@@H]2CCCCN2S(C)(=O)=O)C[C@H]2C[C@H]1C2(C)C. The van der Waals surface area contributed by atoms with Gasteiger partial charge >= 0.3 is 5.97 Å². The van der Waals surface area contributed by atoms with Crippen LogP contribution in [0.4, 0.5) is 0 Å². The van der Waals surface area contributed by atoms with Crippen LogP contribution in [0, 0.1) is 23.2 Å². The van der Waals surface area contributed by atoms with Gasteiger partial charge in [-0.05, 0) is 55.3 Å². The van der Waals surface area contributed by atoms with Crippen molar-refractivity contribution in [1.29, 1.82) is 0 Å². The first-order valence-corrected chi connectivity index (χ1v) is 10.6.